The monoisotopic (exact) mass is 221 g/mol. The first-order valence-corrected chi connectivity index (χ1v) is 5.91. The van der Waals surface area contributed by atoms with E-state index in [1.54, 1.807) is 12.4 Å². The predicted molar refractivity (Wildman–Crippen MR) is 70.1 cm³/mol. The molecule has 0 bridgehead atoms. The van der Waals surface area contributed by atoms with E-state index in [1.165, 1.54) is 5.57 Å². The predicted octanol–water partition coefficient (Wildman–Crippen LogP) is 3.55. The van der Waals surface area contributed by atoms with Gasteiger partial charge in [0, 0.05) is 6.54 Å². The van der Waals surface area contributed by atoms with Crippen molar-refractivity contribution in [1.29, 1.82) is 0 Å². The molecule has 0 N–H and O–H groups in total. The van der Waals surface area contributed by atoms with Crippen LogP contribution in [0.1, 0.15) is 40.4 Å². The number of aryl methyl sites for hydroxylation is 1. The minimum atomic E-state index is 0.433. The lowest BCUT2D eigenvalue weighted by molar-refractivity contribution is 0.640. The van der Waals surface area contributed by atoms with Gasteiger partial charge < -0.3 is 0 Å². The smallest absolute Gasteiger partial charge is 0.154 e. The Balaban J connectivity index is 0.00000106. The van der Waals surface area contributed by atoms with E-state index in [-0.39, 0.29) is 0 Å². The molecule has 0 atom stereocenters. The molecule has 0 amide bonds. The van der Waals surface area contributed by atoms with Crippen molar-refractivity contribution in [3.63, 3.8) is 0 Å². The van der Waals surface area contributed by atoms with Crippen molar-refractivity contribution in [2.24, 2.45) is 5.92 Å². The highest BCUT2D eigenvalue weighted by Gasteiger charge is 2.11. The Bertz CT molecular complexity index is 335. The van der Waals surface area contributed by atoms with Gasteiger partial charge in [0.05, 0.1) is 0 Å². The van der Waals surface area contributed by atoms with Gasteiger partial charge in [0.15, 0.2) is 5.82 Å². The highest BCUT2D eigenvalue weighted by molar-refractivity contribution is 5.62. The quantitative estimate of drug-likeness (QED) is 0.728. The molecule has 1 rings (SSSR count). The lowest BCUT2D eigenvalue weighted by Gasteiger charge is -2.10. The minimum absolute atomic E-state index is 0.433. The summed E-state index contributed by atoms with van der Waals surface area (Å²) in [6, 6.07) is 0. The van der Waals surface area contributed by atoms with Crippen molar-refractivity contribution >= 4 is 5.57 Å². The summed E-state index contributed by atoms with van der Waals surface area (Å²) < 4.78 is 1.90. The van der Waals surface area contributed by atoms with Crippen LogP contribution in [-0.4, -0.2) is 14.8 Å². The van der Waals surface area contributed by atoms with Crippen LogP contribution < -0.4 is 0 Å². The van der Waals surface area contributed by atoms with E-state index in [9.17, 15) is 0 Å². The van der Waals surface area contributed by atoms with Crippen LogP contribution in [0.4, 0.5) is 0 Å². The molecular formula is C13H23N3. The fraction of sp³-hybridized carbons (Fsp3) is 0.538. The number of hydrogen-bond donors (Lipinski definition) is 0. The Morgan fingerprint density at radius 3 is 2.56 bits per heavy atom. The Kier molecular flexibility index (Phi) is 7.18. The van der Waals surface area contributed by atoms with Crippen molar-refractivity contribution in [2.45, 2.75) is 41.2 Å². The molecule has 0 aliphatic rings. The molecule has 0 fully saturated rings. The van der Waals surface area contributed by atoms with E-state index in [4.69, 9.17) is 0 Å². The third-order valence-electron chi connectivity index (χ3n) is 2.09. The molecule has 16 heavy (non-hydrogen) atoms. The number of allylic oxidation sites excluding steroid dienone is 3. The zero-order valence-electron chi connectivity index (χ0n) is 11.1. The van der Waals surface area contributed by atoms with Crippen molar-refractivity contribution in [3.05, 3.63) is 30.9 Å². The second-order valence-corrected chi connectivity index (χ2v) is 3.41. The molecule has 1 aromatic heterocycles. The van der Waals surface area contributed by atoms with Gasteiger partial charge in [-0.05, 0) is 18.4 Å². The summed E-state index contributed by atoms with van der Waals surface area (Å²) in [7, 11) is 0. The van der Waals surface area contributed by atoms with E-state index in [0.717, 1.165) is 12.4 Å². The molecule has 0 aliphatic heterocycles. The van der Waals surface area contributed by atoms with Gasteiger partial charge in [-0.15, -0.1) is 0 Å². The van der Waals surface area contributed by atoms with Gasteiger partial charge >= 0.3 is 0 Å². The lowest BCUT2D eigenvalue weighted by atomic mass is 10.0. The third kappa shape index (κ3) is 3.65. The van der Waals surface area contributed by atoms with Crippen LogP contribution in [0.25, 0.3) is 5.57 Å². The molecule has 3 nitrogen and oxygen atoms in total. The van der Waals surface area contributed by atoms with Crippen LogP contribution in [-0.2, 0) is 6.54 Å². The first-order chi connectivity index (χ1) is 7.70. The Labute approximate surface area is 98.9 Å². The zero-order chi connectivity index (χ0) is 12.6. The average molecular weight is 221 g/mol. The van der Waals surface area contributed by atoms with E-state index in [1.807, 2.05) is 24.6 Å². The first kappa shape index (κ1) is 14.6. The summed E-state index contributed by atoms with van der Waals surface area (Å²) in [5.41, 5.74) is 1.18. The zero-order valence-corrected chi connectivity index (χ0v) is 11.1. The molecule has 0 spiro atoms. The van der Waals surface area contributed by atoms with E-state index < -0.39 is 0 Å². The van der Waals surface area contributed by atoms with Crippen molar-refractivity contribution < 1.29 is 0 Å². The topological polar surface area (TPSA) is 30.7 Å². The largest absolute Gasteiger partial charge is 0.246 e. The second-order valence-electron chi connectivity index (χ2n) is 3.41. The standard InChI is InChI=1S/C11H17N3.C2H6/c1-5-7-10(9(3)4)11-12-8-13-14(11)6-2;1-2/h5,7-9H,1,6H2,2-4H3;1-2H3/b10-7-;. The molecule has 0 aromatic carbocycles. The van der Waals surface area contributed by atoms with E-state index in [0.29, 0.717) is 5.92 Å². The molecule has 3 heteroatoms. The fourth-order valence-electron chi connectivity index (χ4n) is 1.37. The van der Waals surface area contributed by atoms with Crippen LogP contribution in [0.3, 0.4) is 0 Å². The number of nitrogens with zero attached hydrogens (tertiary/aromatic N) is 3. The molecule has 0 saturated heterocycles. The molecule has 0 aliphatic carbocycles. The third-order valence-corrected chi connectivity index (χ3v) is 2.09. The van der Waals surface area contributed by atoms with E-state index >= 15 is 0 Å². The maximum absolute atomic E-state index is 4.26. The van der Waals surface area contributed by atoms with Gasteiger partial charge in [0.1, 0.15) is 6.33 Å². The average Bonchev–Trinajstić information content (AvgIpc) is 2.76. The summed E-state index contributed by atoms with van der Waals surface area (Å²) in [4.78, 5) is 4.26. The lowest BCUT2D eigenvalue weighted by Crippen LogP contribution is -2.06. The molecular weight excluding hydrogens is 198 g/mol. The highest BCUT2D eigenvalue weighted by Crippen LogP contribution is 2.20. The normalized spacial score (nSPS) is 11.0. The second kappa shape index (κ2) is 7.85. The van der Waals surface area contributed by atoms with Crippen LogP contribution >= 0.6 is 0 Å². The van der Waals surface area contributed by atoms with E-state index in [2.05, 4.69) is 37.4 Å². The maximum atomic E-state index is 4.26. The van der Waals surface area contributed by atoms with Crippen molar-refractivity contribution in [3.8, 4) is 0 Å². The molecule has 90 valence electrons. The molecule has 0 saturated carbocycles. The van der Waals surface area contributed by atoms with Crippen LogP contribution in [0.5, 0.6) is 0 Å². The van der Waals surface area contributed by atoms with Gasteiger partial charge in [-0.25, -0.2) is 9.67 Å². The van der Waals surface area contributed by atoms with Gasteiger partial charge in [-0.1, -0.05) is 46.4 Å². The Morgan fingerprint density at radius 2 is 2.12 bits per heavy atom. The van der Waals surface area contributed by atoms with Crippen molar-refractivity contribution in [1.82, 2.24) is 14.8 Å². The number of aromatic nitrogens is 3. The van der Waals surface area contributed by atoms with Gasteiger partial charge in [0.25, 0.3) is 0 Å². The summed E-state index contributed by atoms with van der Waals surface area (Å²) in [5.74, 6) is 1.38. The Morgan fingerprint density at radius 1 is 1.50 bits per heavy atom. The molecule has 1 heterocycles. The maximum Gasteiger partial charge on any atom is 0.154 e. The molecule has 0 unspecified atom stereocenters. The Hall–Kier alpha value is -1.38. The minimum Gasteiger partial charge on any atom is -0.246 e. The number of rotatable bonds is 4. The van der Waals surface area contributed by atoms with Crippen LogP contribution in [0, 0.1) is 5.92 Å². The fourth-order valence-corrected chi connectivity index (χ4v) is 1.37. The highest BCUT2D eigenvalue weighted by atomic mass is 15.3. The molecule has 1 aromatic rings. The first-order valence-electron chi connectivity index (χ1n) is 5.91. The van der Waals surface area contributed by atoms with Gasteiger partial charge in [0.2, 0.25) is 0 Å². The SMILES string of the molecule is C=C/C=C(\c1ncnn1CC)C(C)C.CC. The van der Waals surface area contributed by atoms with Crippen molar-refractivity contribution in [2.75, 3.05) is 0 Å². The van der Waals surface area contributed by atoms with Gasteiger partial charge in [-0.2, -0.15) is 5.10 Å². The molecule has 0 radical (unpaired) electrons. The number of hydrogen-bond acceptors (Lipinski definition) is 2. The van der Waals surface area contributed by atoms with Crippen LogP contribution in [0.15, 0.2) is 25.1 Å². The summed E-state index contributed by atoms with van der Waals surface area (Å²) >= 11 is 0. The van der Waals surface area contributed by atoms with Crippen LogP contribution in [0.2, 0.25) is 0 Å². The summed E-state index contributed by atoms with van der Waals surface area (Å²) in [6.45, 7) is 14.9. The summed E-state index contributed by atoms with van der Waals surface area (Å²) in [6.07, 6.45) is 5.39. The summed E-state index contributed by atoms with van der Waals surface area (Å²) in [5, 5.41) is 4.15. The van der Waals surface area contributed by atoms with Gasteiger partial charge in [-0.3, -0.25) is 0 Å².